The van der Waals surface area contributed by atoms with Crippen molar-refractivity contribution in [1.29, 1.82) is 0 Å². The maximum absolute atomic E-state index is 12.6. The summed E-state index contributed by atoms with van der Waals surface area (Å²) < 4.78 is 0. The van der Waals surface area contributed by atoms with E-state index in [0.717, 1.165) is 28.9 Å². The summed E-state index contributed by atoms with van der Waals surface area (Å²) in [5.41, 5.74) is 4.05. The third-order valence-corrected chi connectivity index (χ3v) is 3.45. The second kappa shape index (κ2) is 7.04. The summed E-state index contributed by atoms with van der Waals surface area (Å²) in [4.78, 5) is 12.6. The monoisotopic (exact) mass is 282 g/mol. The first-order valence-electron chi connectivity index (χ1n) is 7.28. The van der Waals surface area contributed by atoms with Crippen molar-refractivity contribution in [3.8, 4) is 0 Å². The van der Waals surface area contributed by atoms with Gasteiger partial charge < -0.3 is 10.6 Å². The van der Waals surface area contributed by atoms with Crippen LogP contribution in [0.3, 0.4) is 0 Å². The largest absolute Gasteiger partial charge is 0.324 e. The Hall–Kier alpha value is -2.13. The fraction of sp³-hybridized carbons (Fsp3) is 0.278. The Labute approximate surface area is 126 Å². The number of hydrogen-bond acceptors (Lipinski definition) is 2. The molecule has 0 spiro atoms. The lowest BCUT2D eigenvalue weighted by Gasteiger charge is -2.19. The van der Waals surface area contributed by atoms with Crippen molar-refractivity contribution in [2.45, 2.75) is 26.8 Å². The molecule has 0 aliphatic rings. The molecule has 21 heavy (non-hydrogen) atoms. The van der Waals surface area contributed by atoms with Crippen molar-refractivity contribution in [3.05, 3.63) is 65.2 Å². The van der Waals surface area contributed by atoms with Gasteiger partial charge >= 0.3 is 0 Å². The predicted molar refractivity (Wildman–Crippen MR) is 87.4 cm³/mol. The lowest BCUT2D eigenvalue weighted by atomic mass is 10.1. The van der Waals surface area contributed by atoms with Gasteiger partial charge in [0.05, 0.1) is 0 Å². The van der Waals surface area contributed by atoms with Gasteiger partial charge in [-0.3, -0.25) is 4.79 Å². The Balaban J connectivity index is 2.21. The molecule has 1 amide bonds. The number of likely N-dealkylation sites (N-methyl/N-ethyl adjacent to an activating group) is 1. The van der Waals surface area contributed by atoms with Gasteiger partial charge in [-0.25, -0.2) is 0 Å². The van der Waals surface area contributed by atoms with Gasteiger partial charge in [0.2, 0.25) is 5.91 Å². The summed E-state index contributed by atoms with van der Waals surface area (Å²) in [5, 5.41) is 6.27. The Morgan fingerprint density at radius 2 is 1.81 bits per heavy atom. The molecule has 0 aromatic heterocycles. The van der Waals surface area contributed by atoms with Gasteiger partial charge in [-0.15, -0.1) is 0 Å². The van der Waals surface area contributed by atoms with Crippen LogP contribution in [0.4, 0.5) is 5.69 Å². The van der Waals surface area contributed by atoms with E-state index in [2.05, 4.69) is 10.6 Å². The quantitative estimate of drug-likeness (QED) is 0.880. The van der Waals surface area contributed by atoms with E-state index < -0.39 is 0 Å². The minimum atomic E-state index is -0.337. The number of aryl methyl sites for hydroxylation is 2. The van der Waals surface area contributed by atoms with E-state index in [9.17, 15) is 4.79 Å². The molecular formula is C18H22N2O. The second-order valence-electron chi connectivity index (χ2n) is 5.21. The van der Waals surface area contributed by atoms with Crippen molar-refractivity contribution >= 4 is 11.6 Å². The van der Waals surface area contributed by atoms with E-state index in [-0.39, 0.29) is 11.9 Å². The Morgan fingerprint density at radius 1 is 1.10 bits per heavy atom. The average Bonchev–Trinajstić information content (AvgIpc) is 2.49. The SMILES string of the molecule is CCN[C@H](C(=O)Nc1cc(C)ccc1C)c1ccccc1. The highest BCUT2D eigenvalue weighted by Gasteiger charge is 2.19. The van der Waals surface area contributed by atoms with Crippen LogP contribution in [-0.4, -0.2) is 12.5 Å². The van der Waals surface area contributed by atoms with Gasteiger partial charge in [0.1, 0.15) is 6.04 Å². The number of nitrogens with one attached hydrogen (secondary N) is 2. The van der Waals surface area contributed by atoms with E-state index >= 15 is 0 Å². The van der Waals surface area contributed by atoms with Crippen molar-refractivity contribution in [1.82, 2.24) is 5.32 Å². The molecule has 0 bridgehead atoms. The Kier molecular flexibility index (Phi) is 5.12. The first kappa shape index (κ1) is 15.3. The number of amides is 1. The third-order valence-electron chi connectivity index (χ3n) is 3.45. The number of benzene rings is 2. The lowest BCUT2D eigenvalue weighted by molar-refractivity contribution is -0.118. The first-order valence-corrected chi connectivity index (χ1v) is 7.28. The van der Waals surface area contributed by atoms with Gasteiger partial charge in [-0.1, -0.05) is 49.4 Å². The summed E-state index contributed by atoms with van der Waals surface area (Å²) in [6, 6.07) is 15.5. The van der Waals surface area contributed by atoms with Crippen LogP contribution in [0.25, 0.3) is 0 Å². The maximum atomic E-state index is 12.6. The number of carbonyl (C=O) groups is 1. The average molecular weight is 282 g/mol. The van der Waals surface area contributed by atoms with Crippen LogP contribution in [0.2, 0.25) is 0 Å². The van der Waals surface area contributed by atoms with E-state index in [1.165, 1.54) is 0 Å². The van der Waals surface area contributed by atoms with Crippen LogP contribution in [0, 0.1) is 13.8 Å². The van der Waals surface area contributed by atoms with Gasteiger partial charge in [-0.05, 0) is 43.1 Å². The summed E-state index contributed by atoms with van der Waals surface area (Å²) in [6.45, 7) is 6.76. The standard InChI is InChI=1S/C18H22N2O/c1-4-19-17(15-8-6-5-7-9-15)18(21)20-16-12-13(2)10-11-14(16)3/h5-12,17,19H,4H2,1-3H3,(H,20,21)/t17-/m0/s1. The Bertz CT molecular complexity index is 608. The van der Waals surface area contributed by atoms with E-state index in [4.69, 9.17) is 0 Å². The summed E-state index contributed by atoms with van der Waals surface area (Å²) in [5.74, 6) is -0.0308. The summed E-state index contributed by atoms with van der Waals surface area (Å²) in [7, 11) is 0. The normalized spacial score (nSPS) is 12.0. The highest BCUT2D eigenvalue weighted by atomic mass is 16.2. The number of carbonyl (C=O) groups excluding carboxylic acids is 1. The highest BCUT2D eigenvalue weighted by molar-refractivity contribution is 5.96. The molecule has 3 heteroatoms. The molecule has 3 nitrogen and oxygen atoms in total. The molecule has 110 valence electrons. The van der Waals surface area contributed by atoms with Crippen LogP contribution < -0.4 is 10.6 Å². The molecule has 0 aliphatic heterocycles. The number of anilines is 1. The van der Waals surface area contributed by atoms with Crippen LogP contribution in [0.15, 0.2) is 48.5 Å². The van der Waals surface area contributed by atoms with Gasteiger partial charge in [-0.2, -0.15) is 0 Å². The highest BCUT2D eigenvalue weighted by Crippen LogP contribution is 2.20. The zero-order valence-corrected chi connectivity index (χ0v) is 12.8. The van der Waals surface area contributed by atoms with Gasteiger partial charge in [0.25, 0.3) is 0 Å². The fourth-order valence-electron chi connectivity index (χ4n) is 2.29. The predicted octanol–water partition coefficient (Wildman–Crippen LogP) is 3.59. The molecule has 0 heterocycles. The molecule has 2 aromatic carbocycles. The first-order chi connectivity index (χ1) is 10.1. The molecule has 1 atom stereocenters. The molecule has 0 saturated carbocycles. The third kappa shape index (κ3) is 3.92. The van der Waals surface area contributed by atoms with Gasteiger partial charge in [0, 0.05) is 5.69 Å². The molecule has 2 aromatic rings. The van der Waals surface area contributed by atoms with E-state index in [1.807, 2.05) is 69.3 Å². The number of hydrogen-bond donors (Lipinski definition) is 2. The van der Waals surface area contributed by atoms with Crippen molar-refractivity contribution < 1.29 is 4.79 Å². The smallest absolute Gasteiger partial charge is 0.246 e. The topological polar surface area (TPSA) is 41.1 Å². The van der Waals surface area contributed by atoms with E-state index in [0.29, 0.717) is 0 Å². The molecular weight excluding hydrogens is 260 g/mol. The minimum absolute atomic E-state index is 0.0308. The lowest BCUT2D eigenvalue weighted by Crippen LogP contribution is -2.33. The van der Waals surface area contributed by atoms with Crippen molar-refractivity contribution in [3.63, 3.8) is 0 Å². The van der Waals surface area contributed by atoms with Crippen LogP contribution in [0.5, 0.6) is 0 Å². The molecule has 0 aliphatic carbocycles. The molecule has 2 N–H and O–H groups in total. The van der Waals surface area contributed by atoms with E-state index in [1.54, 1.807) is 0 Å². The molecule has 0 radical (unpaired) electrons. The van der Waals surface area contributed by atoms with Crippen LogP contribution in [-0.2, 0) is 4.79 Å². The Morgan fingerprint density at radius 3 is 2.48 bits per heavy atom. The summed E-state index contributed by atoms with van der Waals surface area (Å²) >= 11 is 0. The van der Waals surface area contributed by atoms with Crippen LogP contribution in [0.1, 0.15) is 29.7 Å². The minimum Gasteiger partial charge on any atom is -0.324 e. The second-order valence-corrected chi connectivity index (χ2v) is 5.21. The zero-order valence-electron chi connectivity index (χ0n) is 12.8. The van der Waals surface area contributed by atoms with Gasteiger partial charge in [0.15, 0.2) is 0 Å². The number of rotatable bonds is 5. The molecule has 0 fully saturated rings. The van der Waals surface area contributed by atoms with Crippen molar-refractivity contribution in [2.24, 2.45) is 0 Å². The molecule has 0 unspecified atom stereocenters. The van der Waals surface area contributed by atoms with Crippen LogP contribution >= 0.6 is 0 Å². The van der Waals surface area contributed by atoms with Crippen molar-refractivity contribution in [2.75, 3.05) is 11.9 Å². The summed E-state index contributed by atoms with van der Waals surface area (Å²) in [6.07, 6.45) is 0. The zero-order chi connectivity index (χ0) is 15.2. The fourth-order valence-corrected chi connectivity index (χ4v) is 2.29. The maximum Gasteiger partial charge on any atom is 0.246 e. The molecule has 2 rings (SSSR count). The molecule has 0 saturated heterocycles.